The van der Waals surface area contributed by atoms with Crippen LogP contribution in [0.5, 0.6) is 0 Å². The molecule has 2 atom stereocenters. The molecule has 0 saturated heterocycles. The first kappa shape index (κ1) is 27.3. The molecule has 0 aliphatic rings. The SMILES string of the molecule is O=C(NCC(c1ccccc1)c1ccccc1)[C@@H](Cc1ccccc1)[AsH]S(=O)(=O)c1ccccc1[N+](=O)[O-]. The van der Waals surface area contributed by atoms with Crippen molar-refractivity contribution >= 4 is 34.3 Å². The summed E-state index contributed by atoms with van der Waals surface area (Å²) >= 11 is -2.04. The predicted octanol–water partition coefficient (Wildman–Crippen LogP) is 4.70. The standard InChI is InChI=1S/C29H27AsN2O5S/c33-29(31-21-25(23-14-6-2-7-15-23)24-16-8-3-9-17-24)26(20-22-12-4-1-5-13-22)30-38(36,37)28-19-11-10-18-27(28)32(34)35/h1-19,25-26,30H,20-21H2,(H,31,33)/t26-/m1/s1. The predicted molar refractivity (Wildman–Crippen MR) is 149 cm³/mol. The number of nitrogens with one attached hydrogen (secondary N) is 1. The van der Waals surface area contributed by atoms with Crippen LogP contribution in [-0.2, 0) is 19.3 Å². The third-order valence-electron chi connectivity index (χ3n) is 6.13. The molecule has 194 valence electrons. The normalized spacial score (nSPS) is 12.4. The Labute approximate surface area is 227 Å². The second kappa shape index (κ2) is 12.7. The molecule has 0 radical (unpaired) electrons. The first-order valence-corrected chi connectivity index (χ1v) is 17.3. The summed E-state index contributed by atoms with van der Waals surface area (Å²) in [5.74, 6) is -0.488. The molecule has 9 heteroatoms. The van der Waals surface area contributed by atoms with Crippen LogP contribution in [0.3, 0.4) is 0 Å². The summed E-state index contributed by atoms with van der Waals surface area (Å²) in [6.45, 7) is 0.288. The van der Waals surface area contributed by atoms with Crippen molar-refractivity contribution in [1.82, 2.24) is 5.32 Å². The van der Waals surface area contributed by atoms with Crippen LogP contribution in [0.4, 0.5) is 5.69 Å². The van der Waals surface area contributed by atoms with E-state index < -0.39 is 38.0 Å². The van der Waals surface area contributed by atoms with E-state index in [1.54, 1.807) is 0 Å². The van der Waals surface area contributed by atoms with Crippen molar-refractivity contribution in [2.24, 2.45) is 0 Å². The van der Waals surface area contributed by atoms with Gasteiger partial charge in [0.1, 0.15) is 0 Å². The zero-order valence-electron chi connectivity index (χ0n) is 20.4. The van der Waals surface area contributed by atoms with E-state index in [1.165, 1.54) is 24.3 Å². The summed E-state index contributed by atoms with van der Waals surface area (Å²) in [6.07, 6.45) is 0.230. The first-order valence-electron chi connectivity index (χ1n) is 12.0. The molecule has 38 heavy (non-hydrogen) atoms. The molecule has 4 aromatic carbocycles. The van der Waals surface area contributed by atoms with Gasteiger partial charge in [0.25, 0.3) is 0 Å². The van der Waals surface area contributed by atoms with Gasteiger partial charge in [-0.25, -0.2) is 0 Å². The third-order valence-corrected chi connectivity index (χ3v) is 13.8. The van der Waals surface area contributed by atoms with Gasteiger partial charge in [0.15, 0.2) is 0 Å². The molecule has 1 amide bonds. The fourth-order valence-corrected chi connectivity index (χ4v) is 11.8. The number of nitro groups is 1. The van der Waals surface area contributed by atoms with Crippen molar-refractivity contribution in [3.63, 3.8) is 0 Å². The maximum atomic E-state index is 13.6. The second-order valence-corrected chi connectivity index (χ2v) is 16.7. The van der Waals surface area contributed by atoms with Crippen molar-refractivity contribution in [2.45, 2.75) is 21.9 Å². The molecule has 1 N–H and O–H groups in total. The van der Waals surface area contributed by atoms with Gasteiger partial charge in [-0.1, -0.05) is 0 Å². The minimum absolute atomic E-state index is 0.120. The molecule has 7 nitrogen and oxygen atoms in total. The van der Waals surface area contributed by atoms with E-state index in [9.17, 15) is 23.3 Å². The number of amides is 1. The molecule has 4 aromatic rings. The number of nitro benzene ring substituents is 1. The number of nitrogens with zero attached hydrogens (tertiary/aromatic N) is 1. The topological polar surface area (TPSA) is 106 Å². The fraction of sp³-hybridized carbons (Fsp3) is 0.138. The summed E-state index contributed by atoms with van der Waals surface area (Å²) < 4.78 is 26.0. The molecule has 0 fully saturated rings. The third kappa shape index (κ3) is 6.97. The fourth-order valence-electron chi connectivity index (χ4n) is 4.25. The van der Waals surface area contributed by atoms with E-state index in [2.05, 4.69) is 5.32 Å². The summed E-state index contributed by atoms with van der Waals surface area (Å²) in [4.78, 5) is 24.0. The van der Waals surface area contributed by atoms with Gasteiger partial charge in [-0.3, -0.25) is 0 Å². The van der Waals surface area contributed by atoms with Gasteiger partial charge in [-0.2, -0.15) is 0 Å². The molecular weight excluding hydrogens is 563 g/mol. The quantitative estimate of drug-likeness (QED) is 0.155. The summed E-state index contributed by atoms with van der Waals surface area (Å²) in [5.41, 5.74) is 2.42. The second-order valence-electron chi connectivity index (χ2n) is 8.71. The average molecular weight is 591 g/mol. The summed E-state index contributed by atoms with van der Waals surface area (Å²) in [7, 11) is -4.02. The monoisotopic (exact) mass is 590 g/mol. The number of rotatable bonds is 11. The molecule has 0 aliphatic carbocycles. The van der Waals surface area contributed by atoms with Crippen molar-refractivity contribution in [2.75, 3.05) is 6.54 Å². The Bertz CT molecular complexity index is 1440. The van der Waals surface area contributed by atoms with Crippen LogP contribution in [0.15, 0.2) is 120 Å². The van der Waals surface area contributed by atoms with Crippen molar-refractivity contribution in [3.8, 4) is 0 Å². The Hall–Kier alpha value is -3.74. The Morgan fingerprint density at radius 1 is 0.789 bits per heavy atom. The van der Waals surface area contributed by atoms with Gasteiger partial charge in [0.05, 0.1) is 0 Å². The Kier molecular flexibility index (Phi) is 9.10. The number of hydrogen-bond donors (Lipinski definition) is 1. The minimum atomic E-state index is -4.02. The number of hydrogen-bond acceptors (Lipinski definition) is 5. The van der Waals surface area contributed by atoms with Crippen LogP contribution in [0, 0.1) is 10.1 Å². The molecule has 1 unspecified atom stereocenters. The van der Waals surface area contributed by atoms with E-state index in [-0.39, 0.29) is 29.7 Å². The molecule has 0 bridgehead atoms. The Balaban J connectivity index is 1.60. The van der Waals surface area contributed by atoms with Gasteiger partial charge < -0.3 is 0 Å². The van der Waals surface area contributed by atoms with Crippen molar-refractivity contribution in [1.29, 1.82) is 0 Å². The number of benzene rings is 4. The van der Waals surface area contributed by atoms with E-state index in [4.69, 9.17) is 0 Å². The summed E-state index contributed by atoms with van der Waals surface area (Å²) in [5, 5.41) is 14.5. The van der Waals surface area contributed by atoms with Gasteiger partial charge in [0, 0.05) is 0 Å². The number of carbonyl (C=O) groups excluding carboxylic acids is 1. The van der Waals surface area contributed by atoms with Crippen LogP contribution in [0.1, 0.15) is 22.6 Å². The zero-order chi connectivity index (χ0) is 27.0. The van der Waals surface area contributed by atoms with Gasteiger partial charge in [0.2, 0.25) is 0 Å². The van der Waals surface area contributed by atoms with Crippen LogP contribution in [0.25, 0.3) is 0 Å². The molecule has 0 saturated carbocycles. The van der Waals surface area contributed by atoms with E-state index in [0.29, 0.717) is 0 Å². The van der Waals surface area contributed by atoms with E-state index in [0.717, 1.165) is 16.7 Å². The Morgan fingerprint density at radius 3 is 1.84 bits per heavy atom. The molecule has 4 rings (SSSR count). The van der Waals surface area contributed by atoms with Gasteiger partial charge >= 0.3 is 228 Å². The molecular formula is C29H27AsN2O5S. The zero-order valence-corrected chi connectivity index (χ0v) is 23.3. The van der Waals surface area contributed by atoms with Crippen LogP contribution in [0.2, 0.25) is 4.71 Å². The molecule has 0 aliphatic heterocycles. The number of para-hydroxylation sites is 1. The van der Waals surface area contributed by atoms with Crippen molar-refractivity contribution < 1.29 is 18.1 Å². The van der Waals surface area contributed by atoms with Crippen LogP contribution in [-0.4, -0.2) is 40.4 Å². The van der Waals surface area contributed by atoms with Crippen LogP contribution < -0.4 is 5.32 Å². The van der Waals surface area contributed by atoms with Gasteiger partial charge in [-0.05, 0) is 0 Å². The van der Waals surface area contributed by atoms with Gasteiger partial charge in [-0.15, -0.1) is 0 Å². The van der Waals surface area contributed by atoms with Crippen LogP contribution >= 0.6 is 0 Å². The molecule has 0 spiro atoms. The average Bonchev–Trinajstić information content (AvgIpc) is 2.94. The maximum absolute atomic E-state index is 13.6. The summed E-state index contributed by atoms with van der Waals surface area (Å²) in [6, 6.07) is 34.1. The molecule has 0 aromatic heterocycles. The van der Waals surface area contributed by atoms with Crippen molar-refractivity contribution in [3.05, 3.63) is 142 Å². The van der Waals surface area contributed by atoms with E-state index in [1.807, 2.05) is 91.0 Å². The number of carbonyl (C=O) groups is 1. The van der Waals surface area contributed by atoms with E-state index >= 15 is 0 Å². The molecule has 0 heterocycles. The first-order chi connectivity index (χ1) is 18.3. The Morgan fingerprint density at radius 2 is 1.29 bits per heavy atom.